The number of hydrogen-bond acceptors (Lipinski definition) is 3. The van der Waals surface area contributed by atoms with Gasteiger partial charge in [0.25, 0.3) is 5.91 Å². The molecule has 2 aliphatic rings. The summed E-state index contributed by atoms with van der Waals surface area (Å²) in [6.07, 6.45) is 4.57. The van der Waals surface area contributed by atoms with Gasteiger partial charge in [0.2, 0.25) is 11.8 Å². The highest BCUT2D eigenvalue weighted by Gasteiger charge is 2.50. The second-order valence-corrected chi connectivity index (χ2v) is 7.92. The van der Waals surface area contributed by atoms with Crippen molar-refractivity contribution in [2.24, 2.45) is 17.8 Å². The van der Waals surface area contributed by atoms with Crippen LogP contribution in [0.3, 0.4) is 0 Å². The largest absolute Gasteiger partial charge is 0.322 e. The Morgan fingerprint density at radius 2 is 1.83 bits per heavy atom. The minimum atomic E-state index is -0.320. The number of fused-ring (bicyclic) bond motifs is 1. The zero-order valence-electron chi connectivity index (χ0n) is 16.8. The SMILES string of the molecule is Cc1cccc(NC(=O)c2cccc(N3C(=O)[C@@H]4[C@H](CC=C[C@@H]4C)C3=O)c2)c1C. The minimum Gasteiger partial charge on any atom is -0.322 e. The third-order valence-electron chi connectivity index (χ3n) is 6.09. The van der Waals surface area contributed by atoms with E-state index in [1.807, 2.05) is 51.1 Å². The third kappa shape index (κ3) is 3.27. The maximum absolute atomic E-state index is 13.0. The number of hydrogen-bond donors (Lipinski definition) is 1. The molecule has 3 atom stereocenters. The molecule has 2 aromatic rings. The van der Waals surface area contributed by atoms with E-state index in [0.717, 1.165) is 16.8 Å². The fourth-order valence-corrected chi connectivity index (χ4v) is 4.27. The van der Waals surface area contributed by atoms with Gasteiger partial charge in [0, 0.05) is 11.3 Å². The molecule has 5 heteroatoms. The molecule has 0 aromatic heterocycles. The number of nitrogens with zero attached hydrogens (tertiary/aromatic N) is 1. The fourth-order valence-electron chi connectivity index (χ4n) is 4.27. The Morgan fingerprint density at radius 1 is 1.07 bits per heavy atom. The maximum Gasteiger partial charge on any atom is 0.255 e. The molecule has 0 unspecified atom stereocenters. The number of aryl methyl sites for hydroxylation is 1. The smallest absolute Gasteiger partial charge is 0.255 e. The van der Waals surface area contributed by atoms with Crippen molar-refractivity contribution in [3.63, 3.8) is 0 Å². The van der Waals surface area contributed by atoms with Crippen LogP contribution in [0.2, 0.25) is 0 Å². The highest BCUT2D eigenvalue weighted by molar-refractivity contribution is 6.22. The van der Waals surface area contributed by atoms with Crippen molar-refractivity contribution in [1.29, 1.82) is 0 Å². The number of allylic oxidation sites excluding steroid dienone is 2. The molecule has 29 heavy (non-hydrogen) atoms. The molecule has 1 N–H and O–H groups in total. The first-order chi connectivity index (χ1) is 13.9. The van der Waals surface area contributed by atoms with Crippen LogP contribution in [0.1, 0.15) is 34.8 Å². The number of amides is 3. The van der Waals surface area contributed by atoms with Gasteiger partial charge in [-0.1, -0.05) is 37.3 Å². The number of benzene rings is 2. The van der Waals surface area contributed by atoms with Crippen LogP contribution in [-0.4, -0.2) is 17.7 Å². The lowest BCUT2D eigenvalue weighted by molar-refractivity contribution is -0.122. The van der Waals surface area contributed by atoms with E-state index >= 15 is 0 Å². The Labute approximate surface area is 170 Å². The molecule has 1 aliphatic heterocycles. The number of carbonyl (C=O) groups is 3. The molecule has 1 saturated heterocycles. The zero-order valence-corrected chi connectivity index (χ0v) is 16.8. The molecule has 0 bridgehead atoms. The van der Waals surface area contributed by atoms with Crippen LogP contribution in [0.5, 0.6) is 0 Å². The Morgan fingerprint density at radius 3 is 2.59 bits per heavy atom. The van der Waals surface area contributed by atoms with E-state index in [2.05, 4.69) is 5.32 Å². The topological polar surface area (TPSA) is 66.5 Å². The van der Waals surface area contributed by atoms with Gasteiger partial charge < -0.3 is 5.32 Å². The van der Waals surface area contributed by atoms with E-state index < -0.39 is 0 Å². The zero-order chi connectivity index (χ0) is 20.7. The number of nitrogens with one attached hydrogen (secondary N) is 1. The lowest BCUT2D eigenvalue weighted by atomic mass is 9.78. The Bertz CT molecular complexity index is 1040. The lowest BCUT2D eigenvalue weighted by Crippen LogP contribution is -2.31. The Kier molecular flexibility index (Phi) is 4.82. The van der Waals surface area contributed by atoms with Gasteiger partial charge >= 0.3 is 0 Å². The summed E-state index contributed by atoms with van der Waals surface area (Å²) in [5, 5.41) is 2.93. The first-order valence-corrected chi connectivity index (χ1v) is 9.90. The van der Waals surface area contributed by atoms with Crippen LogP contribution in [0.15, 0.2) is 54.6 Å². The van der Waals surface area contributed by atoms with Crippen molar-refractivity contribution in [1.82, 2.24) is 0 Å². The summed E-state index contributed by atoms with van der Waals surface area (Å²) in [6.45, 7) is 5.92. The molecule has 0 radical (unpaired) electrons. The van der Waals surface area contributed by atoms with Crippen LogP contribution in [0.4, 0.5) is 11.4 Å². The van der Waals surface area contributed by atoms with Gasteiger partial charge in [0.15, 0.2) is 0 Å². The first kappa shape index (κ1) is 19.1. The molecule has 0 saturated carbocycles. The van der Waals surface area contributed by atoms with Gasteiger partial charge in [0.1, 0.15) is 0 Å². The second-order valence-electron chi connectivity index (χ2n) is 7.92. The Balaban J connectivity index is 1.61. The third-order valence-corrected chi connectivity index (χ3v) is 6.09. The van der Waals surface area contributed by atoms with Gasteiger partial charge in [-0.15, -0.1) is 0 Å². The summed E-state index contributed by atoms with van der Waals surface area (Å²) in [5.74, 6) is -1.22. The van der Waals surface area contributed by atoms with Gasteiger partial charge in [-0.05, 0) is 61.6 Å². The van der Waals surface area contributed by atoms with Crippen molar-refractivity contribution >= 4 is 29.1 Å². The number of rotatable bonds is 3. The first-order valence-electron chi connectivity index (χ1n) is 9.90. The highest BCUT2D eigenvalue weighted by Crippen LogP contribution is 2.40. The second kappa shape index (κ2) is 7.32. The lowest BCUT2D eigenvalue weighted by Gasteiger charge is -2.22. The van der Waals surface area contributed by atoms with Crippen LogP contribution >= 0.6 is 0 Å². The van der Waals surface area contributed by atoms with Crippen LogP contribution in [0, 0.1) is 31.6 Å². The normalized spacial score (nSPS) is 23.3. The maximum atomic E-state index is 13.0. The van der Waals surface area contributed by atoms with E-state index in [4.69, 9.17) is 0 Å². The molecule has 1 heterocycles. The van der Waals surface area contributed by atoms with Crippen molar-refractivity contribution in [2.45, 2.75) is 27.2 Å². The number of carbonyl (C=O) groups excluding carboxylic acids is 3. The monoisotopic (exact) mass is 388 g/mol. The average molecular weight is 388 g/mol. The average Bonchev–Trinajstić information content (AvgIpc) is 2.97. The summed E-state index contributed by atoms with van der Waals surface area (Å²) in [6, 6.07) is 12.5. The standard InChI is InChI=1S/C24H24N2O3/c1-14-7-5-12-20(16(14)3)25-22(27)17-9-6-10-18(13-17)26-23(28)19-11-4-8-15(2)21(19)24(26)29/h4-10,12-13,15,19,21H,11H2,1-3H3,(H,25,27)/t15-,19-,21-/m0/s1. The van der Waals surface area contributed by atoms with Gasteiger partial charge in [0.05, 0.1) is 17.5 Å². The molecular weight excluding hydrogens is 364 g/mol. The molecule has 2 aromatic carbocycles. The van der Waals surface area contributed by atoms with E-state index in [1.165, 1.54) is 4.90 Å². The van der Waals surface area contributed by atoms with Crippen LogP contribution < -0.4 is 10.2 Å². The van der Waals surface area contributed by atoms with E-state index in [1.54, 1.807) is 24.3 Å². The quantitative estimate of drug-likeness (QED) is 0.631. The highest BCUT2D eigenvalue weighted by atomic mass is 16.2. The molecule has 148 valence electrons. The van der Waals surface area contributed by atoms with Gasteiger partial charge in [-0.25, -0.2) is 0 Å². The summed E-state index contributed by atoms with van der Waals surface area (Å²) in [4.78, 5) is 40.0. The predicted molar refractivity (Wildman–Crippen MR) is 113 cm³/mol. The van der Waals surface area contributed by atoms with Crippen molar-refractivity contribution < 1.29 is 14.4 Å². The van der Waals surface area contributed by atoms with E-state index in [0.29, 0.717) is 17.7 Å². The molecule has 3 amide bonds. The van der Waals surface area contributed by atoms with Crippen molar-refractivity contribution in [3.05, 3.63) is 71.3 Å². The van der Waals surface area contributed by atoms with Gasteiger partial charge in [-0.3, -0.25) is 19.3 Å². The molecule has 0 spiro atoms. The molecule has 5 nitrogen and oxygen atoms in total. The summed E-state index contributed by atoms with van der Waals surface area (Å²) < 4.78 is 0. The van der Waals surface area contributed by atoms with Gasteiger partial charge in [-0.2, -0.15) is 0 Å². The van der Waals surface area contributed by atoms with E-state index in [-0.39, 0.29) is 35.5 Å². The molecule has 1 aliphatic carbocycles. The molecular formula is C24H24N2O3. The Hall–Kier alpha value is -3.21. The van der Waals surface area contributed by atoms with E-state index in [9.17, 15) is 14.4 Å². The van der Waals surface area contributed by atoms with Crippen molar-refractivity contribution in [2.75, 3.05) is 10.2 Å². The predicted octanol–water partition coefficient (Wildman–Crippen LogP) is 4.26. The van der Waals surface area contributed by atoms with Crippen molar-refractivity contribution in [3.8, 4) is 0 Å². The number of imide groups is 1. The molecule has 4 rings (SSSR count). The summed E-state index contributed by atoms with van der Waals surface area (Å²) in [5.41, 5.74) is 3.71. The summed E-state index contributed by atoms with van der Waals surface area (Å²) in [7, 11) is 0. The molecule has 1 fully saturated rings. The summed E-state index contributed by atoms with van der Waals surface area (Å²) >= 11 is 0. The van der Waals surface area contributed by atoms with Crippen LogP contribution in [-0.2, 0) is 9.59 Å². The fraction of sp³-hybridized carbons (Fsp3) is 0.292. The van der Waals surface area contributed by atoms with Crippen LogP contribution in [0.25, 0.3) is 0 Å². The number of anilines is 2. The minimum absolute atomic E-state index is 0.0333.